The minimum absolute atomic E-state index is 0.0355. The highest BCUT2D eigenvalue weighted by Crippen LogP contribution is 2.29. The van der Waals surface area contributed by atoms with Gasteiger partial charge in [0.2, 0.25) is 5.91 Å². The first-order chi connectivity index (χ1) is 7.09. The molecule has 0 bridgehead atoms. The van der Waals surface area contributed by atoms with Crippen LogP contribution in [0.3, 0.4) is 0 Å². The van der Waals surface area contributed by atoms with Crippen LogP contribution in [0.2, 0.25) is 0 Å². The molecule has 1 aliphatic rings. The summed E-state index contributed by atoms with van der Waals surface area (Å²) >= 11 is 0. The van der Waals surface area contributed by atoms with E-state index < -0.39 is 11.6 Å². The van der Waals surface area contributed by atoms with E-state index in [0.29, 0.717) is 12.1 Å². The van der Waals surface area contributed by atoms with Gasteiger partial charge in [0.1, 0.15) is 11.6 Å². The Morgan fingerprint density at radius 3 is 2.73 bits per heavy atom. The zero-order valence-electron chi connectivity index (χ0n) is 8.31. The number of hydrogen-bond donors (Lipinski definition) is 1. The van der Waals surface area contributed by atoms with Crippen molar-refractivity contribution in [3.8, 4) is 0 Å². The van der Waals surface area contributed by atoms with Gasteiger partial charge in [0, 0.05) is 24.4 Å². The number of carbonyl (C=O) groups excluding carboxylic acids is 1. The van der Waals surface area contributed by atoms with Crippen molar-refractivity contribution in [3.63, 3.8) is 0 Å². The van der Waals surface area contributed by atoms with Gasteiger partial charge < -0.3 is 5.32 Å². The quantitative estimate of drug-likeness (QED) is 0.755. The number of rotatable bonds is 1. The third-order valence-corrected chi connectivity index (χ3v) is 2.71. The second-order valence-electron chi connectivity index (χ2n) is 3.80. The number of amides is 1. The average Bonchev–Trinajstić information content (AvgIpc) is 2.59. The highest BCUT2D eigenvalue weighted by Gasteiger charge is 2.28. The van der Waals surface area contributed by atoms with Gasteiger partial charge in [-0.3, -0.25) is 4.79 Å². The van der Waals surface area contributed by atoms with Crippen LogP contribution in [0.1, 0.15) is 23.5 Å². The summed E-state index contributed by atoms with van der Waals surface area (Å²) in [6, 6.07) is 2.65. The van der Waals surface area contributed by atoms with Crippen LogP contribution in [-0.2, 0) is 4.79 Å². The molecule has 0 radical (unpaired) electrons. The normalized spacial score (nSPS) is 20.5. The Morgan fingerprint density at radius 1 is 1.40 bits per heavy atom. The minimum atomic E-state index is -0.570. The van der Waals surface area contributed by atoms with Crippen molar-refractivity contribution in [3.05, 3.63) is 34.9 Å². The lowest BCUT2D eigenvalue weighted by Crippen LogP contribution is -2.14. The van der Waals surface area contributed by atoms with Gasteiger partial charge in [0.25, 0.3) is 0 Å². The van der Waals surface area contributed by atoms with Crippen molar-refractivity contribution in [2.24, 2.45) is 0 Å². The molecule has 2 rings (SSSR count). The van der Waals surface area contributed by atoms with Crippen LogP contribution in [0.5, 0.6) is 0 Å². The Hall–Kier alpha value is -1.45. The lowest BCUT2D eigenvalue weighted by atomic mass is 9.95. The summed E-state index contributed by atoms with van der Waals surface area (Å²) in [4.78, 5) is 11.0. The molecule has 1 aromatic carbocycles. The summed E-state index contributed by atoms with van der Waals surface area (Å²) < 4.78 is 27.1. The maximum Gasteiger partial charge on any atom is 0.220 e. The molecule has 1 heterocycles. The summed E-state index contributed by atoms with van der Waals surface area (Å²) in [6.45, 7) is 1.90. The zero-order valence-corrected chi connectivity index (χ0v) is 8.31. The van der Waals surface area contributed by atoms with Gasteiger partial charge in [-0.25, -0.2) is 8.78 Å². The maximum absolute atomic E-state index is 13.7. The van der Waals surface area contributed by atoms with E-state index in [4.69, 9.17) is 0 Å². The molecule has 1 aromatic rings. The van der Waals surface area contributed by atoms with Crippen LogP contribution in [-0.4, -0.2) is 12.5 Å². The number of halogens is 2. The third kappa shape index (κ3) is 1.71. The molecule has 15 heavy (non-hydrogen) atoms. The van der Waals surface area contributed by atoms with Gasteiger partial charge in [-0.15, -0.1) is 0 Å². The van der Waals surface area contributed by atoms with E-state index in [1.54, 1.807) is 6.92 Å². The van der Waals surface area contributed by atoms with Gasteiger partial charge in [-0.05, 0) is 18.6 Å². The molecule has 2 nitrogen and oxygen atoms in total. The standard InChI is InChI=1S/C11H11F2NO/c1-6-2-3-8(12)10(11(6)13)7-4-9(15)14-5-7/h2-3,7H,4-5H2,1H3,(H,14,15). The van der Waals surface area contributed by atoms with Crippen molar-refractivity contribution >= 4 is 5.91 Å². The Morgan fingerprint density at radius 2 is 2.13 bits per heavy atom. The first-order valence-corrected chi connectivity index (χ1v) is 4.81. The van der Waals surface area contributed by atoms with E-state index in [0.717, 1.165) is 0 Å². The predicted octanol–water partition coefficient (Wildman–Crippen LogP) is 1.88. The summed E-state index contributed by atoms with van der Waals surface area (Å²) in [5.41, 5.74) is 0.444. The molecule has 1 unspecified atom stereocenters. The summed E-state index contributed by atoms with van der Waals surface area (Å²) in [5, 5.41) is 2.57. The summed E-state index contributed by atoms with van der Waals surface area (Å²) in [7, 11) is 0. The van der Waals surface area contributed by atoms with E-state index in [9.17, 15) is 13.6 Å². The lowest BCUT2D eigenvalue weighted by Gasteiger charge is -2.11. The van der Waals surface area contributed by atoms with E-state index in [1.165, 1.54) is 12.1 Å². The number of hydrogen-bond acceptors (Lipinski definition) is 1. The Kier molecular flexibility index (Phi) is 2.42. The largest absolute Gasteiger partial charge is 0.355 e. The fourth-order valence-electron chi connectivity index (χ4n) is 1.86. The summed E-state index contributed by atoms with van der Waals surface area (Å²) in [6.07, 6.45) is 0.164. The van der Waals surface area contributed by atoms with Crippen LogP contribution in [0.15, 0.2) is 12.1 Å². The number of aryl methyl sites for hydroxylation is 1. The van der Waals surface area contributed by atoms with Gasteiger partial charge in [0.05, 0.1) is 0 Å². The predicted molar refractivity (Wildman–Crippen MR) is 51.5 cm³/mol. The second kappa shape index (κ2) is 3.61. The molecule has 1 atom stereocenters. The average molecular weight is 211 g/mol. The van der Waals surface area contributed by atoms with Crippen molar-refractivity contribution < 1.29 is 13.6 Å². The minimum Gasteiger partial charge on any atom is -0.355 e. The number of carbonyl (C=O) groups is 1. The Labute approximate surface area is 86.3 Å². The van der Waals surface area contributed by atoms with Crippen LogP contribution in [0.4, 0.5) is 8.78 Å². The SMILES string of the molecule is Cc1ccc(F)c(C2CNC(=O)C2)c1F. The van der Waals surface area contributed by atoms with Crippen molar-refractivity contribution in [1.29, 1.82) is 0 Å². The van der Waals surface area contributed by atoms with Crippen LogP contribution < -0.4 is 5.32 Å². The summed E-state index contributed by atoms with van der Waals surface area (Å²) in [5.74, 6) is -1.63. The van der Waals surface area contributed by atoms with Gasteiger partial charge in [-0.1, -0.05) is 6.07 Å². The molecule has 0 spiro atoms. The number of benzene rings is 1. The molecular weight excluding hydrogens is 200 g/mol. The van der Waals surface area contributed by atoms with Crippen molar-refractivity contribution in [1.82, 2.24) is 5.32 Å². The highest BCUT2D eigenvalue weighted by molar-refractivity contribution is 5.79. The molecule has 1 amide bonds. The van der Waals surface area contributed by atoms with E-state index in [2.05, 4.69) is 5.32 Å². The highest BCUT2D eigenvalue weighted by atomic mass is 19.1. The van der Waals surface area contributed by atoms with Crippen LogP contribution in [0, 0.1) is 18.6 Å². The lowest BCUT2D eigenvalue weighted by molar-refractivity contribution is -0.119. The fraction of sp³-hybridized carbons (Fsp3) is 0.364. The zero-order chi connectivity index (χ0) is 11.0. The van der Waals surface area contributed by atoms with Gasteiger partial charge in [-0.2, -0.15) is 0 Å². The number of nitrogens with one attached hydrogen (secondary N) is 1. The Balaban J connectivity index is 2.43. The molecule has 4 heteroatoms. The molecule has 1 aliphatic heterocycles. The van der Waals surface area contributed by atoms with Crippen molar-refractivity contribution in [2.75, 3.05) is 6.54 Å². The monoisotopic (exact) mass is 211 g/mol. The fourth-order valence-corrected chi connectivity index (χ4v) is 1.86. The molecule has 1 N–H and O–H groups in total. The van der Waals surface area contributed by atoms with E-state index >= 15 is 0 Å². The molecule has 80 valence electrons. The first kappa shape index (κ1) is 10.1. The Bertz CT molecular complexity index is 417. The molecule has 1 saturated heterocycles. The molecule has 1 fully saturated rings. The molecule has 0 saturated carbocycles. The topological polar surface area (TPSA) is 29.1 Å². The second-order valence-corrected chi connectivity index (χ2v) is 3.80. The first-order valence-electron chi connectivity index (χ1n) is 4.81. The van der Waals surface area contributed by atoms with Gasteiger partial charge >= 0.3 is 0 Å². The molecule has 0 aromatic heterocycles. The van der Waals surface area contributed by atoms with Gasteiger partial charge in [0.15, 0.2) is 0 Å². The van der Waals surface area contributed by atoms with Crippen LogP contribution >= 0.6 is 0 Å². The van der Waals surface area contributed by atoms with E-state index in [1.807, 2.05) is 0 Å². The maximum atomic E-state index is 13.7. The third-order valence-electron chi connectivity index (χ3n) is 2.71. The molecular formula is C11H11F2NO. The van der Waals surface area contributed by atoms with E-state index in [-0.39, 0.29) is 23.8 Å². The molecule has 0 aliphatic carbocycles. The smallest absolute Gasteiger partial charge is 0.220 e. The van der Waals surface area contributed by atoms with Crippen molar-refractivity contribution in [2.45, 2.75) is 19.3 Å². The van der Waals surface area contributed by atoms with Crippen LogP contribution in [0.25, 0.3) is 0 Å².